The molecule has 6 rings (SSSR count). The van der Waals surface area contributed by atoms with E-state index in [9.17, 15) is 9.90 Å². The van der Waals surface area contributed by atoms with Crippen molar-refractivity contribution in [1.29, 1.82) is 0 Å². The molecule has 0 bridgehead atoms. The number of aliphatic hydroxyl groups excluding tert-OH is 1. The number of carbonyl (C=O) groups excluding carboxylic acids is 1. The Kier molecular flexibility index (Phi) is 12.5. The van der Waals surface area contributed by atoms with Crippen molar-refractivity contribution in [2.24, 2.45) is 23.8 Å². The van der Waals surface area contributed by atoms with Gasteiger partial charge in [-0.2, -0.15) is 0 Å². The van der Waals surface area contributed by atoms with Crippen LogP contribution in [0.1, 0.15) is 86.6 Å². The molecule has 2 aromatic heterocycles. The topological polar surface area (TPSA) is 68.0 Å². The van der Waals surface area contributed by atoms with Crippen molar-refractivity contribution < 1.29 is 30.0 Å². The average molecular weight is 847 g/mol. The summed E-state index contributed by atoms with van der Waals surface area (Å²) in [7, 11) is 2.11. The van der Waals surface area contributed by atoms with E-state index >= 15 is 0 Å². The van der Waals surface area contributed by atoms with E-state index in [4.69, 9.17) is 9.97 Å². The van der Waals surface area contributed by atoms with Gasteiger partial charge in [0, 0.05) is 55.1 Å². The van der Waals surface area contributed by atoms with Crippen molar-refractivity contribution in [1.82, 2.24) is 14.5 Å². The SMILES string of the molecule is CC(C)Cc1cc(-c2ncnc3c4c5ccccc5ccc4n(C)c23)[c-]c2ccccc12.CCC(C)(CC)C(=O)/C=C(\O)C(C)(CC)CC.[Ir]. The Balaban J connectivity index is 0.000000269. The number of aryl methyl sites for hydroxylation is 1. The molecule has 265 valence electrons. The molecule has 6 aromatic rings. The summed E-state index contributed by atoms with van der Waals surface area (Å²) in [6.07, 6.45) is 7.48. The smallest absolute Gasteiger partial charge is 0.164 e. The molecule has 0 atom stereocenters. The number of benzene rings is 4. The molecule has 0 spiro atoms. The molecule has 0 aliphatic carbocycles. The number of allylic oxidation sites excluding steroid dienone is 2. The molecular weight excluding hydrogens is 795 g/mol. The van der Waals surface area contributed by atoms with E-state index in [1.54, 1.807) is 6.33 Å². The van der Waals surface area contributed by atoms with Gasteiger partial charge in [-0.3, -0.25) is 9.78 Å². The van der Waals surface area contributed by atoms with Crippen molar-refractivity contribution in [3.8, 4) is 11.3 Å². The van der Waals surface area contributed by atoms with Gasteiger partial charge in [0.2, 0.25) is 0 Å². The summed E-state index contributed by atoms with van der Waals surface area (Å²) in [6.45, 7) is 16.6. The van der Waals surface area contributed by atoms with Gasteiger partial charge in [0.25, 0.3) is 0 Å². The third-order valence-electron chi connectivity index (χ3n) is 11.0. The summed E-state index contributed by atoms with van der Waals surface area (Å²) < 4.78 is 2.23. The Morgan fingerprint density at radius 1 is 0.880 bits per heavy atom. The Morgan fingerprint density at radius 2 is 1.50 bits per heavy atom. The maximum atomic E-state index is 12.2. The molecule has 2 heterocycles. The summed E-state index contributed by atoms with van der Waals surface area (Å²) >= 11 is 0. The van der Waals surface area contributed by atoms with Crippen LogP contribution in [0.3, 0.4) is 0 Å². The number of nitrogens with zero attached hydrogens (tertiary/aromatic N) is 3. The Morgan fingerprint density at radius 3 is 2.14 bits per heavy atom. The van der Waals surface area contributed by atoms with E-state index in [1.165, 1.54) is 38.7 Å². The minimum absolute atomic E-state index is 0. The zero-order chi connectivity index (χ0) is 35.5. The molecule has 0 aliphatic rings. The Bertz CT molecular complexity index is 2150. The molecule has 0 unspecified atom stereocenters. The number of hydrogen-bond donors (Lipinski definition) is 1. The summed E-state index contributed by atoms with van der Waals surface area (Å²) in [6, 6.07) is 27.4. The van der Waals surface area contributed by atoms with Crippen LogP contribution < -0.4 is 0 Å². The van der Waals surface area contributed by atoms with Gasteiger partial charge < -0.3 is 9.67 Å². The van der Waals surface area contributed by atoms with Crippen LogP contribution in [0.2, 0.25) is 0 Å². The third-order valence-corrected chi connectivity index (χ3v) is 11.0. The van der Waals surface area contributed by atoms with E-state index in [2.05, 4.69) is 98.3 Å². The largest absolute Gasteiger partial charge is 0.512 e. The molecule has 0 saturated carbocycles. The average Bonchev–Trinajstić information content (AvgIpc) is 3.42. The summed E-state index contributed by atoms with van der Waals surface area (Å²) in [5, 5.41) is 16.2. The molecule has 1 radical (unpaired) electrons. The predicted molar refractivity (Wildman–Crippen MR) is 207 cm³/mol. The van der Waals surface area contributed by atoms with Gasteiger partial charge >= 0.3 is 0 Å². The minimum Gasteiger partial charge on any atom is -0.512 e. The van der Waals surface area contributed by atoms with Crippen LogP contribution in [-0.2, 0) is 38.4 Å². The molecule has 5 nitrogen and oxygen atoms in total. The van der Waals surface area contributed by atoms with Crippen LogP contribution in [0, 0.1) is 22.8 Å². The number of ketones is 1. The number of aliphatic hydroxyl groups is 1. The minimum atomic E-state index is -0.337. The van der Waals surface area contributed by atoms with Crippen LogP contribution in [-0.4, -0.2) is 25.4 Å². The predicted octanol–water partition coefficient (Wildman–Crippen LogP) is 11.7. The standard InChI is InChI=1S/C29H24N3.C15H28O2.Ir/c1-18(2)14-21-16-22(15-20-9-5-6-10-23(20)21)27-29-28(31-17-30-27)26-24-11-7-4-8-19(24)12-13-25(26)32(29)3;1-7-14(5,8-2)12(16)11-13(17)15(6,9-3)10-4;/h4-13,16-18H,14H2,1-3H3;11,16H,7-10H2,1-6H3;/q-1;;/b;12-11-;. The first-order valence-corrected chi connectivity index (χ1v) is 17.9. The maximum absolute atomic E-state index is 12.2. The number of hydrogen-bond acceptors (Lipinski definition) is 4. The zero-order valence-corrected chi connectivity index (χ0v) is 33.5. The molecule has 0 aliphatic heterocycles. The molecule has 0 amide bonds. The third kappa shape index (κ3) is 7.43. The van der Waals surface area contributed by atoms with Gasteiger partial charge in [-0.15, -0.1) is 29.1 Å². The number of carbonyl (C=O) groups is 1. The number of fused-ring (bicyclic) bond motifs is 6. The molecule has 50 heavy (non-hydrogen) atoms. The molecular formula is C44H52IrN3O2-. The van der Waals surface area contributed by atoms with Gasteiger partial charge in [0.05, 0.1) is 16.6 Å². The fourth-order valence-corrected chi connectivity index (χ4v) is 6.71. The van der Waals surface area contributed by atoms with Gasteiger partial charge in [-0.25, -0.2) is 4.98 Å². The van der Waals surface area contributed by atoms with E-state index in [-0.39, 0.29) is 42.5 Å². The molecule has 0 saturated heterocycles. The summed E-state index contributed by atoms with van der Waals surface area (Å²) in [4.78, 5) is 21.7. The maximum Gasteiger partial charge on any atom is 0.164 e. The van der Waals surface area contributed by atoms with E-state index in [1.807, 2.05) is 41.5 Å². The Labute approximate surface area is 311 Å². The summed E-state index contributed by atoms with van der Waals surface area (Å²) in [5.41, 5.74) is 5.94. The van der Waals surface area contributed by atoms with Crippen LogP contribution in [0.4, 0.5) is 0 Å². The van der Waals surface area contributed by atoms with Crippen LogP contribution in [0.25, 0.3) is 54.7 Å². The van der Waals surface area contributed by atoms with Gasteiger partial charge in [-0.1, -0.05) is 115 Å². The van der Waals surface area contributed by atoms with Crippen molar-refractivity contribution in [2.45, 2.75) is 87.5 Å². The van der Waals surface area contributed by atoms with Gasteiger partial charge in [0.15, 0.2) is 5.78 Å². The molecule has 0 fully saturated rings. The fraction of sp³-hybridized carbons (Fsp3) is 0.386. The van der Waals surface area contributed by atoms with Gasteiger partial charge in [-0.05, 0) is 54.9 Å². The normalized spacial score (nSPS) is 12.4. The fourth-order valence-electron chi connectivity index (χ4n) is 6.71. The second-order valence-electron chi connectivity index (χ2n) is 14.4. The first-order valence-electron chi connectivity index (χ1n) is 17.9. The van der Waals surface area contributed by atoms with Crippen LogP contribution in [0.15, 0.2) is 84.9 Å². The summed E-state index contributed by atoms with van der Waals surface area (Å²) in [5.74, 6) is 0.858. The second-order valence-corrected chi connectivity index (χ2v) is 14.4. The zero-order valence-electron chi connectivity index (χ0n) is 31.1. The van der Waals surface area contributed by atoms with Crippen molar-refractivity contribution in [3.63, 3.8) is 0 Å². The van der Waals surface area contributed by atoms with Crippen LogP contribution >= 0.6 is 0 Å². The molecule has 6 heteroatoms. The van der Waals surface area contributed by atoms with Crippen LogP contribution in [0.5, 0.6) is 0 Å². The second kappa shape index (κ2) is 16.0. The molecule has 1 N–H and O–H groups in total. The van der Waals surface area contributed by atoms with E-state index in [0.29, 0.717) is 5.92 Å². The van der Waals surface area contributed by atoms with Gasteiger partial charge in [0.1, 0.15) is 12.1 Å². The number of rotatable bonds is 10. The first kappa shape index (κ1) is 38.9. The monoisotopic (exact) mass is 847 g/mol. The van der Waals surface area contributed by atoms with Crippen molar-refractivity contribution >= 4 is 49.3 Å². The van der Waals surface area contributed by atoms with Crippen molar-refractivity contribution in [3.05, 3.63) is 96.5 Å². The quantitative estimate of drug-likeness (QED) is 0.0847. The molecule has 4 aromatic carbocycles. The van der Waals surface area contributed by atoms with Crippen molar-refractivity contribution in [2.75, 3.05) is 0 Å². The van der Waals surface area contributed by atoms with E-state index in [0.717, 1.165) is 59.8 Å². The van der Waals surface area contributed by atoms with E-state index < -0.39 is 0 Å². The Hall–Kier alpha value is -3.86. The number of aromatic nitrogens is 3. The first-order chi connectivity index (χ1) is 23.4.